The molecule has 4 aromatic rings. The maximum atomic E-state index is 13.3. The second-order valence-electron chi connectivity index (χ2n) is 7.10. The molecule has 0 aliphatic heterocycles. The zero-order valence-corrected chi connectivity index (χ0v) is 16.8. The Hall–Kier alpha value is -3.91. The van der Waals surface area contributed by atoms with Crippen LogP contribution in [-0.2, 0) is 12.7 Å². The molecule has 162 valence electrons. The molecule has 8 heteroatoms. The van der Waals surface area contributed by atoms with Gasteiger partial charge in [-0.05, 0) is 41.0 Å². The molecule has 0 fully saturated rings. The number of carbonyl (C=O) groups excluding carboxylic acids is 1. The van der Waals surface area contributed by atoms with Gasteiger partial charge in [-0.2, -0.15) is 18.3 Å². The molecule has 0 aliphatic carbocycles. The first-order chi connectivity index (χ1) is 15.3. The van der Waals surface area contributed by atoms with Gasteiger partial charge < -0.3 is 11.1 Å². The van der Waals surface area contributed by atoms with Crippen LogP contribution < -0.4 is 11.1 Å². The number of alkyl halides is 3. The van der Waals surface area contributed by atoms with Crippen molar-refractivity contribution in [2.45, 2.75) is 12.7 Å². The van der Waals surface area contributed by atoms with Crippen molar-refractivity contribution in [2.24, 2.45) is 5.73 Å². The maximum absolute atomic E-state index is 13.3. The number of nitrogens with two attached hydrogens (primary N) is 1. The Balaban J connectivity index is 1.65. The Morgan fingerprint density at radius 3 is 2.25 bits per heavy atom. The molecule has 3 aromatic carbocycles. The molecule has 32 heavy (non-hydrogen) atoms. The zero-order chi connectivity index (χ0) is 22.7. The van der Waals surface area contributed by atoms with Crippen LogP contribution in [0, 0.1) is 0 Å². The van der Waals surface area contributed by atoms with Crippen molar-refractivity contribution in [3.8, 4) is 16.8 Å². The van der Waals surface area contributed by atoms with Crippen LogP contribution in [0.5, 0.6) is 0 Å². The monoisotopic (exact) mass is 436 g/mol. The predicted octanol–water partition coefficient (Wildman–Crippen LogP) is 5.27. The maximum Gasteiger partial charge on any atom is 0.435 e. The van der Waals surface area contributed by atoms with E-state index in [1.165, 1.54) is 0 Å². The lowest BCUT2D eigenvalue weighted by Gasteiger charge is -2.10. The summed E-state index contributed by atoms with van der Waals surface area (Å²) in [7, 11) is 0. The molecule has 3 N–H and O–H groups in total. The Labute approximate surface area is 182 Å². The number of anilines is 1. The highest BCUT2D eigenvalue weighted by atomic mass is 19.4. The molecule has 0 saturated carbocycles. The zero-order valence-electron chi connectivity index (χ0n) is 16.8. The summed E-state index contributed by atoms with van der Waals surface area (Å²) in [6, 6.07) is 24.0. The van der Waals surface area contributed by atoms with Crippen molar-refractivity contribution in [3.63, 3.8) is 0 Å². The van der Waals surface area contributed by atoms with Gasteiger partial charge in [0.25, 0.3) is 5.91 Å². The Kier molecular flexibility index (Phi) is 5.79. The molecule has 0 bridgehead atoms. The van der Waals surface area contributed by atoms with Gasteiger partial charge in [0.2, 0.25) is 0 Å². The topological polar surface area (TPSA) is 72.9 Å². The van der Waals surface area contributed by atoms with Crippen molar-refractivity contribution in [2.75, 3.05) is 5.32 Å². The number of hydrogen-bond donors (Lipinski definition) is 2. The largest absolute Gasteiger partial charge is 0.435 e. The van der Waals surface area contributed by atoms with E-state index in [1.807, 2.05) is 42.5 Å². The SMILES string of the molecule is NCc1cccc(-n2nc(C(F)(F)F)cc2C(=O)Nc2ccc(-c3ccccc3)cc2)c1. The van der Waals surface area contributed by atoms with Crippen LogP contribution in [0.4, 0.5) is 18.9 Å². The molecule has 0 aliphatic rings. The average Bonchev–Trinajstić information content (AvgIpc) is 3.27. The van der Waals surface area contributed by atoms with Gasteiger partial charge in [0.15, 0.2) is 5.69 Å². The third kappa shape index (κ3) is 4.55. The van der Waals surface area contributed by atoms with Crippen LogP contribution in [0.1, 0.15) is 21.7 Å². The fourth-order valence-corrected chi connectivity index (χ4v) is 3.27. The second kappa shape index (κ2) is 8.68. The lowest BCUT2D eigenvalue weighted by atomic mass is 10.1. The molecular formula is C24H19F3N4O. The third-order valence-corrected chi connectivity index (χ3v) is 4.87. The fraction of sp³-hybridized carbons (Fsp3) is 0.0833. The average molecular weight is 436 g/mol. The normalized spacial score (nSPS) is 11.4. The number of halogens is 3. The summed E-state index contributed by atoms with van der Waals surface area (Å²) in [6.45, 7) is 0.205. The number of amides is 1. The van der Waals surface area contributed by atoms with E-state index in [0.29, 0.717) is 16.9 Å². The van der Waals surface area contributed by atoms with Crippen LogP contribution in [0.3, 0.4) is 0 Å². The van der Waals surface area contributed by atoms with E-state index in [1.54, 1.807) is 36.4 Å². The number of nitrogens with zero attached hydrogens (tertiary/aromatic N) is 2. The summed E-state index contributed by atoms with van der Waals surface area (Å²) in [5, 5.41) is 6.28. The minimum atomic E-state index is -4.69. The first-order valence-electron chi connectivity index (χ1n) is 9.78. The Morgan fingerprint density at radius 2 is 1.59 bits per heavy atom. The number of nitrogens with one attached hydrogen (secondary N) is 1. The fourth-order valence-electron chi connectivity index (χ4n) is 3.27. The highest BCUT2D eigenvalue weighted by Crippen LogP contribution is 2.30. The summed E-state index contributed by atoms with van der Waals surface area (Å²) < 4.78 is 40.9. The van der Waals surface area contributed by atoms with E-state index in [-0.39, 0.29) is 12.2 Å². The lowest BCUT2D eigenvalue weighted by Crippen LogP contribution is -2.17. The molecule has 1 aromatic heterocycles. The van der Waals surface area contributed by atoms with Gasteiger partial charge in [-0.15, -0.1) is 0 Å². The van der Waals surface area contributed by atoms with Crippen molar-refractivity contribution in [1.82, 2.24) is 9.78 Å². The summed E-state index contributed by atoms with van der Waals surface area (Å²) in [5.41, 5.74) is 7.68. The van der Waals surface area contributed by atoms with Gasteiger partial charge in [-0.25, -0.2) is 4.68 Å². The first-order valence-corrected chi connectivity index (χ1v) is 9.78. The molecule has 0 spiro atoms. The van der Waals surface area contributed by atoms with Crippen LogP contribution >= 0.6 is 0 Å². The molecule has 1 heterocycles. The molecule has 0 saturated heterocycles. The quantitative estimate of drug-likeness (QED) is 0.448. The number of hydrogen-bond acceptors (Lipinski definition) is 3. The van der Waals surface area contributed by atoms with Gasteiger partial charge in [0.05, 0.1) is 5.69 Å². The smallest absolute Gasteiger partial charge is 0.326 e. The van der Waals surface area contributed by atoms with Crippen molar-refractivity contribution < 1.29 is 18.0 Å². The van der Waals surface area contributed by atoms with E-state index in [9.17, 15) is 18.0 Å². The van der Waals surface area contributed by atoms with Gasteiger partial charge in [0.1, 0.15) is 5.69 Å². The highest BCUT2D eigenvalue weighted by Gasteiger charge is 2.36. The third-order valence-electron chi connectivity index (χ3n) is 4.87. The van der Waals surface area contributed by atoms with E-state index >= 15 is 0 Å². The molecule has 0 unspecified atom stereocenters. The minimum absolute atomic E-state index is 0.205. The second-order valence-corrected chi connectivity index (χ2v) is 7.10. The lowest BCUT2D eigenvalue weighted by molar-refractivity contribution is -0.141. The molecule has 4 rings (SSSR count). The van der Waals surface area contributed by atoms with Gasteiger partial charge in [-0.1, -0.05) is 54.6 Å². The van der Waals surface area contributed by atoms with Crippen molar-refractivity contribution in [3.05, 3.63) is 102 Å². The number of rotatable bonds is 5. The van der Waals surface area contributed by atoms with Crippen LogP contribution in [-0.4, -0.2) is 15.7 Å². The van der Waals surface area contributed by atoms with Crippen LogP contribution in [0.2, 0.25) is 0 Å². The minimum Gasteiger partial charge on any atom is -0.326 e. The van der Waals surface area contributed by atoms with E-state index in [2.05, 4.69) is 10.4 Å². The molecular weight excluding hydrogens is 417 g/mol. The summed E-state index contributed by atoms with van der Waals surface area (Å²) >= 11 is 0. The molecule has 5 nitrogen and oxygen atoms in total. The Morgan fingerprint density at radius 1 is 0.906 bits per heavy atom. The summed E-state index contributed by atoms with van der Waals surface area (Å²) in [4.78, 5) is 12.9. The number of aromatic nitrogens is 2. The highest BCUT2D eigenvalue weighted by molar-refractivity contribution is 6.03. The standard InChI is InChI=1S/C24H19F3N4O/c25-24(26,27)22-14-21(31(30-22)20-8-4-5-16(13-20)15-28)23(32)29-19-11-9-18(10-12-19)17-6-2-1-3-7-17/h1-14H,15,28H2,(H,29,32). The van der Waals surface area contributed by atoms with E-state index in [4.69, 9.17) is 5.73 Å². The first kappa shape index (κ1) is 21.3. The van der Waals surface area contributed by atoms with Crippen LogP contribution in [0.25, 0.3) is 16.8 Å². The van der Waals surface area contributed by atoms with Gasteiger partial charge >= 0.3 is 6.18 Å². The molecule has 0 atom stereocenters. The Bertz CT molecular complexity index is 1230. The van der Waals surface area contributed by atoms with Crippen molar-refractivity contribution in [1.29, 1.82) is 0 Å². The van der Waals surface area contributed by atoms with E-state index in [0.717, 1.165) is 21.9 Å². The molecule has 1 amide bonds. The number of benzene rings is 3. The van der Waals surface area contributed by atoms with Crippen molar-refractivity contribution >= 4 is 11.6 Å². The summed E-state index contributed by atoms with van der Waals surface area (Å²) in [6.07, 6.45) is -4.69. The van der Waals surface area contributed by atoms with E-state index < -0.39 is 17.8 Å². The van der Waals surface area contributed by atoms with Gasteiger partial charge in [0, 0.05) is 18.3 Å². The summed E-state index contributed by atoms with van der Waals surface area (Å²) in [5.74, 6) is -0.710. The number of carbonyl (C=O) groups is 1. The van der Waals surface area contributed by atoms with Gasteiger partial charge in [-0.3, -0.25) is 4.79 Å². The predicted molar refractivity (Wildman–Crippen MR) is 116 cm³/mol. The molecule has 0 radical (unpaired) electrons. The van der Waals surface area contributed by atoms with Crippen LogP contribution in [0.15, 0.2) is 84.9 Å².